The van der Waals surface area contributed by atoms with Crippen molar-refractivity contribution in [3.8, 4) is 11.3 Å². The van der Waals surface area contributed by atoms with E-state index in [4.69, 9.17) is 0 Å². The van der Waals surface area contributed by atoms with Crippen LogP contribution in [0.15, 0.2) is 23.6 Å². The highest BCUT2D eigenvalue weighted by molar-refractivity contribution is 7.14. The van der Waals surface area contributed by atoms with E-state index < -0.39 is 0 Å². The van der Waals surface area contributed by atoms with E-state index in [2.05, 4.69) is 47.7 Å². The van der Waals surface area contributed by atoms with Gasteiger partial charge in [-0.1, -0.05) is 12.1 Å². The summed E-state index contributed by atoms with van der Waals surface area (Å²) >= 11 is 1.46. The number of amides is 1. The van der Waals surface area contributed by atoms with Crippen LogP contribution in [0.25, 0.3) is 11.3 Å². The smallest absolute Gasteiger partial charge is 0.226 e. The molecule has 0 aliphatic carbocycles. The molecule has 0 fully saturated rings. The number of thiazole rings is 1. The third kappa shape index (κ3) is 5.09. The average Bonchev–Trinajstić information content (AvgIpc) is 2.90. The van der Waals surface area contributed by atoms with Crippen molar-refractivity contribution in [2.45, 2.75) is 26.7 Å². The van der Waals surface area contributed by atoms with Crippen molar-refractivity contribution in [3.63, 3.8) is 0 Å². The van der Waals surface area contributed by atoms with Gasteiger partial charge in [0.05, 0.1) is 5.69 Å². The second-order valence-corrected chi connectivity index (χ2v) is 5.95. The number of carbonyl (C=O) groups excluding carboxylic acids is 1. The van der Waals surface area contributed by atoms with Crippen LogP contribution >= 0.6 is 23.7 Å². The first-order valence-electron chi connectivity index (χ1n) is 7.07. The zero-order chi connectivity index (χ0) is 15.2. The van der Waals surface area contributed by atoms with Crippen LogP contribution in [-0.2, 0) is 4.79 Å². The molecule has 1 aromatic heterocycles. The molecule has 120 valence electrons. The van der Waals surface area contributed by atoms with E-state index in [1.165, 1.54) is 22.5 Å². The lowest BCUT2D eigenvalue weighted by molar-refractivity contribution is -0.116. The van der Waals surface area contributed by atoms with E-state index in [9.17, 15) is 4.79 Å². The summed E-state index contributed by atoms with van der Waals surface area (Å²) in [4.78, 5) is 16.3. The van der Waals surface area contributed by atoms with Gasteiger partial charge in [-0.25, -0.2) is 4.98 Å². The van der Waals surface area contributed by atoms with Gasteiger partial charge in [0.15, 0.2) is 5.13 Å². The Bertz CT molecular complexity index is 628. The molecule has 1 aromatic carbocycles. The molecule has 2 rings (SSSR count). The zero-order valence-corrected chi connectivity index (χ0v) is 14.7. The Morgan fingerprint density at radius 2 is 2.05 bits per heavy atom. The van der Waals surface area contributed by atoms with Crippen LogP contribution in [0.4, 0.5) is 5.13 Å². The van der Waals surface area contributed by atoms with Crippen molar-refractivity contribution >= 4 is 34.8 Å². The highest BCUT2D eigenvalue weighted by Gasteiger charge is 2.08. The monoisotopic (exact) mass is 339 g/mol. The third-order valence-corrected chi connectivity index (χ3v) is 4.14. The first-order valence-corrected chi connectivity index (χ1v) is 7.95. The van der Waals surface area contributed by atoms with Gasteiger partial charge in [-0.2, -0.15) is 0 Å². The lowest BCUT2D eigenvalue weighted by atomic mass is 10.1. The molecule has 6 heteroatoms. The van der Waals surface area contributed by atoms with Gasteiger partial charge in [-0.05, 0) is 51.1 Å². The Balaban J connectivity index is 0.00000242. The minimum atomic E-state index is 0. The summed E-state index contributed by atoms with van der Waals surface area (Å²) in [7, 11) is 1.88. The molecule has 1 heterocycles. The molecule has 0 aliphatic heterocycles. The summed E-state index contributed by atoms with van der Waals surface area (Å²) in [6, 6.07) is 6.29. The first-order chi connectivity index (χ1) is 10.1. The summed E-state index contributed by atoms with van der Waals surface area (Å²) in [5.41, 5.74) is 4.52. The summed E-state index contributed by atoms with van der Waals surface area (Å²) in [5, 5.41) is 8.53. The molecular formula is C16H22ClN3OS. The van der Waals surface area contributed by atoms with Crippen molar-refractivity contribution in [2.24, 2.45) is 0 Å². The van der Waals surface area contributed by atoms with E-state index in [1.54, 1.807) is 0 Å². The molecule has 0 saturated heterocycles. The van der Waals surface area contributed by atoms with Crippen molar-refractivity contribution < 1.29 is 4.79 Å². The lowest BCUT2D eigenvalue weighted by Crippen LogP contribution is -2.15. The van der Waals surface area contributed by atoms with Gasteiger partial charge in [0, 0.05) is 17.4 Å². The molecule has 2 N–H and O–H groups in total. The van der Waals surface area contributed by atoms with E-state index in [0.717, 1.165) is 24.2 Å². The van der Waals surface area contributed by atoms with Gasteiger partial charge in [-0.15, -0.1) is 23.7 Å². The van der Waals surface area contributed by atoms with E-state index in [-0.39, 0.29) is 18.3 Å². The van der Waals surface area contributed by atoms with Gasteiger partial charge in [0.2, 0.25) is 5.91 Å². The maximum absolute atomic E-state index is 11.8. The van der Waals surface area contributed by atoms with Crippen molar-refractivity contribution in [1.82, 2.24) is 10.3 Å². The Morgan fingerprint density at radius 3 is 2.73 bits per heavy atom. The summed E-state index contributed by atoms with van der Waals surface area (Å²) < 4.78 is 0. The number of carbonyl (C=O) groups is 1. The van der Waals surface area contributed by atoms with Gasteiger partial charge < -0.3 is 10.6 Å². The molecule has 0 atom stereocenters. The quantitative estimate of drug-likeness (QED) is 0.787. The van der Waals surface area contributed by atoms with Crippen LogP contribution in [0.5, 0.6) is 0 Å². The number of rotatable bonds is 6. The highest BCUT2D eigenvalue weighted by Crippen LogP contribution is 2.26. The molecule has 0 saturated carbocycles. The molecule has 0 radical (unpaired) electrons. The third-order valence-electron chi connectivity index (χ3n) is 3.38. The van der Waals surface area contributed by atoms with Gasteiger partial charge in [0.25, 0.3) is 0 Å². The highest BCUT2D eigenvalue weighted by atomic mass is 35.5. The fourth-order valence-electron chi connectivity index (χ4n) is 1.97. The first kappa shape index (κ1) is 18.6. The number of nitrogens with one attached hydrogen (secondary N) is 2. The lowest BCUT2D eigenvalue weighted by Gasteiger charge is -2.03. The Hall–Kier alpha value is -1.43. The number of aromatic nitrogens is 1. The fraction of sp³-hybridized carbons (Fsp3) is 0.375. The van der Waals surface area contributed by atoms with Crippen LogP contribution in [0, 0.1) is 13.8 Å². The summed E-state index contributed by atoms with van der Waals surface area (Å²) in [6.45, 7) is 5.03. The van der Waals surface area contributed by atoms with Crippen LogP contribution in [0.2, 0.25) is 0 Å². The van der Waals surface area contributed by atoms with Crippen LogP contribution < -0.4 is 10.6 Å². The molecule has 2 aromatic rings. The largest absolute Gasteiger partial charge is 0.320 e. The maximum atomic E-state index is 11.8. The number of anilines is 1. The van der Waals surface area contributed by atoms with Gasteiger partial charge in [0.1, 0.15) is 0 Å². The topological polar surface area (TPSA) is 54.0 Å². The number of benzene rings is 1. The fourth-order valence-corrected chi connectivity index (χ4v) is 2.71. The standard InChI is InChI=1S/C16H21N3OS.ClH/c1-11-6-7-13(9-12(11)2)14-10-21-16(18-14)19-15(20)5-4-8-17-3;/h6-7,9-10,17H,4-5,8H2,1-3H3,(H,18,19,20);1H. The Kier molecular flexibility index (Phi) is 7.51. The van der Waals surface area contributed by atoms with Gasteiger partial charge >= 0.3 is 0 Å². The molecule has 0 aliphatic rings. The molecule has 1 amide bonds. The number of aryl methyl sites for hydroxylation is 2. The Morgan fingerprint density at radius 1 is 1.27 bits per heavy atom. The van der Waals surface area contributed by atoms with Gasteiger partial charge in [-0.3, -0.25) is 4.79 Å². The van der Waals surface area contributed by atoms with E-state index in [1.807, 2.05) is 12.4 Å². The molecule has 0 unspecified atom stereocenters. The second-order valence-electron chi connectivity index (χ2n) is 5.09. The number of hydrogen-bond donors (Lipinski definition) is 2. The molecule has 0 bridgehead atoms. The zero-order valence-electron chi connectivity index (χ0n) is 13.1. The average molecular weight is 340 g/mol. The van der Waals surface area contributed by atoms with Crippen LogP contribution in [-0.4, -0.2) is 24.5 Å². The van der Waals surface area contributed by atoms with Crippen LogP contribution in [0.1, 0.15) is 24.0 Å². The number of hydrogen-bond acceptors (Lipinski definition) is 4. The predicted molar refractivity (Wildman–Crippen MR) is 96.1 cm³/mol. The van der Waals surface area contributed by atoms with E-state index >= 15 is 0 Å². The second kappa shape index (κ2) is 8.88. The molecular weight excluding hydrogens is 318 g/mol. The molecule has 4 nitrogen and oxygen atoms in total. The minimum absolute atomic E-state index is 0. The van der Waals surface area contributed by atoms with Crippen molar-refractivity contribution in [1.29, 1.82) is 0 Å². The summed E-state index contributed by atoms with van der Waals surface area (Å²) in [5.74, 6) is 0.0197. The molecule has 0 spiro atoms. The predicted octanol–water partition coefficient (Wildman–Crippen LogP) is 3.79. The van der Waals surface area contributed by atoms with Crippen molar-refractivity contribution in [3.05, 3.63) is 34.7 Å². The van der Waals surface area contributed by atoms with Crippen molar-refractivity contribution in [2.75, 3.05) is 18.9 Å². The normalized spacial score (nSPS) is 10.1. The molecule has 22 heavy (non-hydrogen) atoms. The van der Waals surface area contributed by atoms with Crippen LogP contribution in [0.3, 0.4) is 0 Å². The SMILES string of the molecule is CNCCCC(=O)Nc1nc(-c2ccc(C)c(C)c2)cs1.Cl. The summed E-state index contributed by atoms with van der Waals surface area (Å²) in [6.07, 6.45) is 1.34. The number of nitrogens with zero attached hydrogens (tertiary/aromatic N) is 1. The Labute approximate surface area is 141 Å². The number of halogens is 1. The maximum Gasteiger partial charge on any atom is 0.226 e. The minimum Gasteiger partial charge on any atom is -0.320 e. The van der Waals surface area contributed by atoms with E-state index in [0.29, 0.717) is 11.6 Å².